The highest BCUT2D eigenvalue weighted by Crippen LogP contribution is 2.26. The first-order valence-corrected chi connectivity index (χ1v) is 10.5. The van der Waals surface area contributed by atoms with Crippen molar-refractivity contribution in [3.05, 3.63) is 29.3 Å². The minimum absolute atomic E-state index is 0. The maximum absolute atomic E-state index is 12.6. The van der Waals surface area contributed by atoms with Gasteiger partial charge < -0.3 is 15.4 Å². The lowest BCUT2D eigenvalue weighted by Crippen LogP contribution is -2.25. The van der Waals surface area contributed by atoms with E-state index in [2.05, 4.69) is 25.7 Å². The molecule has 0 spiro atoms. The average molecular weight is 439 g/mol. The number of nitrogens with zero attached hydrogens (tertiary/aromatic N) is 1. The molecule has 4 nitrogen and oxygen atoms in total. The highest BCUT2D eigenvalue weighted by Gasteiger charge is 2.14. The molecule has 0 atom stereocenters. The highest BCUT2D eigenvalue weighted by atomic mass is 35.5. The number of unbranched alkanes of at least 4 members (excludes halogenated alkanes) is 1. The molecule has 0 aliphatic heterocycles. The molecule has 0 bridgehead atoms. The third-order valence-electron chi connectivity index (χ3n) is 4.18. The molecule has 0 aromatic heterocycles. The third kappa shape index (κ3) is 11.2. The summed E-state index contributed by atoms with van der Waals surface area (Å²) in [4.78, 5) is 14.9. The lowest BCUT2D eigenvalue weighted by Gasteiger charge is -2.17. The zero-order chi connectivity index (χ0) is 18.5. The van der Waals surface area contributed by atoms with Crippen molar-refractivity contribution in [3.63, 3.8) is 0 Å². The number of ether oxygens (including phenoxy) is 1. The molecule has 0 radical (unpaired) electrons. The minimum atomic E-state index is 0. The van der Waals surface area contributed by atoms with Gasteiger partial charge in [-0.25, -0.2) is 0 Å². The van der Waals surface area contributed by atoms with E-state index in [1.54, 1.807) is 0 Å². The number of hydrogen-bond acceptors (Lipinski definition) is 5. The quantitative estimate of drug-likeness (QED) is 0.447. The summed E-state index contributed by atoms with van der Waals surface area (Å²) in [6.07, 6.45) is 3.99. The molecule has 7 heteroatoms. The van der Waals surface area contributed by atoms with E-state index < -0.39 is 0 Å². The van der Waals surface area contributed by atoms with Gasteiger partial charge in [-0.2, -0.15) is 0 Å². The van der Waals surface area contributed by atoms with Gasteiger partial charge in [0.15, 0.2) is 0 Å². The van der Waals surface area contributed by atoms with Crippen molar-refractivity contribution in [1.29, 1.82) is 0 Å². The van der Waals surface area contributed by atoms with E-state index in [9.17, 15) is 4.79 Å². The van der Waals surface area contributed by atoms with Gasteiger partial charge in [0, 0.05) is 12.3 Å². The summed E-state index contributed by atoms with van der Waals surface area (Å²) < 4.78 is 5.85. The van der Waals surface area contributed by atoms with Crippen LogP contribution in [0.4, 0.5) is 0 Å². The first-order valence-electron chi connectivity index (χ1n) is 9.51. The second-order valence-electron chi connectivity index (χ2n) is 6.09. The highest BCUT2D eigenvalue weighted by molar-refractivity contribution is 8.14. The van der Waals surface area contributed by atoms with Crippen LogP contribution in [0.3, 0.4) is 0 Å². The van der Waals surface area contributed by atoms with E-state index in [1.165, 1.54) is 17.3 Å². The van der Waals surface area contributed by atoms with E-state index in [0.717, 1.165) is 63.4 Å². The van der Waals surface area contributed by atoms with Gasteiger partial charge in [0.1, 0.15) is 5.75 Å². The largest absolute Gasteiger partial charge is 0.493 e. The van der Waals surface area contributed by atoms with Crippen LogP contribution in [0.1, 0.15) is 56.0 Å². The first-order chi connectivity index (χ1) is 12.2. The summed E-state index contributed by atoms with van der Waals surface area (Å²) in [5.74, 6) is 1.54. The Morgan fingerprint density at radius 1 is 1.15 bits per heavy atom. The van der Waals surface area contributed by atoms with Crippen LogP contribution in [0.15, 0.2) is 18.2 Å². The second-order valence-corrected chi connectivity index (χ2v) is 7.16. The summed E-state index contributed by atoms with van der Waals surface area (Å²) >= 11 is 1.39. The summed E-state index contributed by atoms with van der Waals surface area (Å²) in [7, 11) is 0. The summed E-state index contributed by atoms with van der Waals surface area (Å²) in [5, 5.41) is 0.103. The summed E-state index contributed by atoms with van der Waals surface area (Å²) in [5.41, 5.74) is 7.47. The van der Waals surface area contributed by atoms with Gasteiger partial charge in [-0.15, -0.1) is 24.8 Å². The Labute approximate surface area is 181 Å². The van der Waals surface area contributed by atoms with Gasteiger partial charge in [0.25, 0.3) is 0 Å². The van der Waals surface area contributed by atoms with Crippen LogP contribution in [-0.2, 0) is 6.42 Å². The van der Waals surface area contributed by atoms with E-state index in [-0.39, 0.29) is 29.9 Å². The zero-order valence-corrected chi connectivity index (χ0v) is 19.3. The molecule has 1 aromatic rings. The maximum atomic E-state index is 12.6. The standard InChI is InChI=1S/C20H34N2O2S.2ClH/c1-4-14-24-19-16-17(9-7-8-12-21)10-11-18(19)20(23)25-15-13-22(5-2)6-3;;/h10-11,16H,4-9,12-15,21H2,1-3H3;2*1H. The van der Waals surface area contributed by atoms with E-state index in [1.807, 2.05) is 18.2 Å². The Morgan fingerprint density at radius 2 is 1.85 bits per heavy atom. The smallest absolute Gasteiger partial charge is 0.223 e. The van der Waals surface area contributed by atoms with Gasteiger partial charge in [0.05, 0.1) is 12.2 Å². The van der Waals surface area contributed by atoms with Crippen molar-refractivity contribution >= 4 is 41.7 Å². The number of halogens is 2. The van der Waals surface area contributed by atoms with E-state index in [0.29, 0.717) is 12.2 Å². The molecule has 0 heterocycles. The Kier molecular flexibility index (Phi) is 18.8. The number of benzene rings is 1. The first kappa shape index (κ1) is 28.7. The summed E-state index contributed by atoms with van der Waals surface area (Å²) in [6.45, 7) is 10.7. The van der Waals surface area contributed by atoms with E-state index in [4.69, 9.17) is 10.5 Å². The number of nitrogens with two attached hydrogens (primary N) is 1. The fourth-order valence-corrected chi connectivity index (χ4v) is 3.44. The number of thioether (sulfide) groups is 1. The Bertz CT molecular complexity index is 515. The van der Waals surface area contributed by atoms with Crippen molar-refractivity contribution in [2.24, 2.45) is 5.73 Å². The van der Waals surface area contributed by atoms with Gasteiger partial charge in [-0.3, -0.25) is 4.79 Å². The molecule has 0 aliphatic carbocycles. The third-order valence-corrected chi connectivity index (χ3v) is 5.05. The minimum Gasteiger partial charge on any atom is -0.493 e. The zero-order valence-electron chi connectivity index (χ0n) is 16.9. The molecule has 1 aromatic carbocycles. The fraction of sp³-hybridized carbons (Fsp3) is 0.650. The van der Waals surface area contributed by atoms with Crippen LogP contribution in [0.2, 0.25) is 0 Å². The lowest BCUT2D eigenvalue weighted by atomic mass is 10.1. The van der Waals surface area contributed by atoms with Crippen LogP contribution in [0.25, 0.3) is 0 Å². The number of carbonyl (C=O) groups excluding carboxylic acids is 1. The van der Waals surface area contributed by atoms with Crippen LogP contribution in [0.5, 0.6) is 5.75 Å². The molecule has 0 amide bonds. The van der Waals surface area contributed by atoms with Crippen molar-refractivity contribution in [2.75, 3.05) is 38.5 Å². The molecule has 0 saturated heterocycles. The van der Waals surface area contributed by atoms with Crippen LogP contribution in [0, 0.1) is 0 Å². The molecule has 27 heavy (non-hydrogen) atoms. The maximum Gasteiger partial charge on any atom is 0.223 e. The molecule has 0 unspecified atom stereocenters. The SMILES string of the molecule is CCCOc1cc(CCCCN)ccc1C(=O)SCCN(CC)CC.Cl.Cl. The van der Waals surface area contributed by atoms with E-state index >= 15 is 0 Å². The Morgan fingerprint density at radius 3 is 2.44 bits per heavy atom. The number of hydrogen-bond donors (Lipinski definition) is 1. The fourth-order valence-electron chi connectivity index (χ4n) is 2.58. The molecule has 2 N–H and O–H groups in total. The van der Waals surface area contributed by atoms with Gasteiger partial charge in [0.2, 0.25) is 5.12 Å². The van der Waals surface area contributed by atoms with Crippen LogP contribution in [-0.4, -0.2) is 48.6 Å². The number of rotatable bonds is 13. The molecule has 158 valence electrons. The predicted molar refractivity (Wildman–Crippen MR) is 123 cm³/mol. The van der Waals surface area contributed by atoms with Crippen LogP contribution < -0.4 is 10.5 Å². The Hall–Kier alpha value is -0.460. The van der Waals surface area contributed by atoms with Crippen molar-refractivity contribution in [1.82, 2.24) is 4.90 Å². The van der Waals surface area contributed by atoms with Gasteiger partial charge >= 0.3 is 0 Å². The van der Waals surface area contributed by atoms with Crippen molar-refractivity contribution in [3.8, 4) is 5.75 Å². The topological polar surface area (TPSA) is 55.6 Å². The number of carbonyl (C=O) groups is 1. The molecule has 1 rings (SSSR count). The second kappa shape index (κ2) is 17.6. The molecular weight excluding hydrogens is 403 g/mol. The Balaban J connectivity index is 0. The normalized spacial score (nSPS) is 10.3. The average Bonchev–Trinajstić information content (AvgIpc) is 2.63. The van der Waals surface area contributed by atoms with Crippen LogP contribution >= 0.6 is 36.6 Å². The molecule has 0 fully saturated rings. The molecule has 0 aliphatic rings. The monoisotopic (exact) mass is 438 g/mol. The molecule has 0 saturated carbocycles. The van der Waals surface area contributed by atoms with Crippen molar-refractivity contribution < 1.29 is 9.53 Å². The predicted octanol–water partition coefficient (Wildman–Crippen LogP) is 4.82. The molecular formula is C20H36Cl2N2O2S. The lowest BCUT2D eigenvalue weighted by molar-refractivity contribution is 0.108. The summed E-state index contributed by atoms with van der Waals surface area (Å²) in [6, 6.07) is 6.01. The number of aryl methyl sites for hydroxylation is 1. The van der Waals surface area contributed by atoms with Gasteiger partial charge in [-0.1, -0.05) is 38.6 Å². The van der Waals surface area contributed by atoms with Gasteiger partial charge in [-0.05, 0) is 63.0 Å². The van der Waals surface area contributed by atoms with Crippen molar-refractivity contribution in [2.45, 2.75) is 46.5 Å².